The lowest BCUT2D eigenvalue weighted by Gasteiger charge is -2.12. The summed E-state index contributed by atoms with van der Waals surface area (Å²) < 4.78 is 29.5. The predicted octanol–water partition coefficient (Wildman–Crippen LogP) is 6.88. The summed E-state index contributed by atoms with van der Waals surface area (Å²) in [7, 11) is 0. The lowest BCUT2D eigenvalue weighted by molar-refractivity contribution is 0.0950. The third kappa shape index (κ3) is 4.82. The highest BCUT2D eigenvalue weighted by atomic mass is 35.5. The van der Waals surface area contributed by atoms with E-state index in [2.05, 4.69) is 10.6 Å². The van der Waals surface area contributed by atoms with Crippen molar-refractivity contribution >= 4 is 34.7 Å². The molecule has 0 spiro atoms. The van der Waals surface area contributed by atoms with E-state index in [1.807, 2.05) is 42.5 Å². The van der Waals surface area contributed by atoms with Gasteiger partial charge in [0.1, 0.15) is 17.5 Å². The van der Waals surface area contributed by atoms with Crippen LogP contribution in [0, 0.1) is 11.6 Å². The Labute approximate surface area is 222 Å². The van der Waals surface area contributed by atoms with E-state index in [4.69, 9.17) is 21.7 Å². The van der Waals surface area contributed by atoms with Crippen LogP contribution in [0.4, 0.5) is 20.3 Å². The maximum Gasteiger partial charge on any atom is 0.251 e. The lowest BCUT2D eigenvalue weighted by atomic mass is 10.1. The predicted molar refractivity (Wildman–Crippen MR) is 143 cm³/mol. The van der Waals surface area contributed by atoms with Gasteiger partial charge in [0.25, 0.3) is 5.91 Å². The second kappa shape index (κ2) is 9.87. The van der Waals surface area contributed by atoms with Gasteiger partial charge in [-0.2, -0.15) is 9.61 Å². The average molecular weight is 530 g/mol. The number of hydrogen-bond donors (Lipinski definition) is 2. The standard InChI is InChI=1S/C29H22ClF2N5O/c30-28-21(22(31)12-13-23(28)32)16-33-29(38)19-8-10-20(11-9-19)34-26-14-24(17-4-2-1-3-5-17)35-27-15-25(18-6-7-18)36-37(26)27/h1-5,8-15,18,34H,6-7,16H2,(H,33,38). The molecule has 0 radical (unpaired) electrons. The molecule has 2 heterocycles. The van der Waals surface area contributed by atoms with Crippen molar-refractivity contribution in [2.75, 3.05) is 5.32 Å². The number of fused-ring (bicyclic) bond motifs is 1. The van der Waals surface area contributed by atoms with Gasteiger partial charge in [-0.1, -0.05) is 41.9 Å². The molecule has 1 saturated carbocycles. The molecule has 0 aliphatic heterocycles. The molecule has 38 heavy (non-hydrogen) atoms. The van der Waals surface area contributed by atoms with Gasteiger partial charge in [-0.15, -0.1) is 0 Å². The van der Waals surface area contributed by atoms with E-state index in [0.717, 1.165) is 59.1 Å². The van der Waals surface area contributed by atoms with Crippen LogP contribution in [-0.4, -0.2) is 20.5 Å². The number of hydrogen-bond acceptors (Lipinski definition) is 4. The van der Waals surface area contributed by atoms with Gasteiger partial charge >= 0.3 is 0 Å². The molecule has 6 nitrogen and oxygen atoms in total. The van der Waals surface area contributed by atoms with Crippen LogP contribution < -0.4 is 10.6 Å². The third-order valence-electron chi connectivity index (χ3n) is 6.50. The van der Waals surface area contributed by atoms with E-state index in [9.17, 15) is 13.6 Å². The number of carbonyl (C=O) groups is 1. The number of rotatable bonds is 7. The van der Waals surface area contributed by atoms with Gasteiger partial charge in [0.2, 0.25) is 0 Å². The smallest absolute Gasteiger partial charge is 0.251 e. The van der Waals surface area contributed by atoms with Crippen molar-refractivity contribution in [2.45, 2.75) is 25.3 Å². The Balaban J connectivity index is 1.23. The number of nitrogens with zero attached hydrogens (tertiary/aromatic N) is 3. The SMILES string of the molecule is O=C(NCc1c(F)ccc(F)c1Cl)c1ccc(Nc2cc(-c3ccccc3)nc3cc(C4CC4)nn23)cc1. The molecule has 5 aromatic rings. The number of halogens is 3. The molecular formula is C29H22ClF2N5O. The zero-order valence-electron chi connectivity index (χ0n) is 20.1. The van der Waals surface area contributed by atoms with Crippen molar-refractivity contribution in [3.05, 3.63) is 112 Å². The van der Waals surface area contributed by atoms with Crippen LogP contribution in [0.2, 0.25) is 5.02 Å². The van der Waals surface area contributed by atoms with Crippen LogP contribution in [0.25, 0.3) is 16.9 Å². The first-order chi connectivity index (χ1) is 18.5. The summed E-state index contributed by atoms with van der Waals surface area (Å²) in [6, 6.07) is 22.7. The molecule has 9 heteroatoms. The zero-order chi connectivity index (χ0) is 26.2. The summed E-state index contributed by atoms with van der Waals surface area (Å²) in [6.07, 6.45) is 2.28. The van der Waals surface area contributed by atoms with E-state index in [0.29, 0.717) is 11.5 Å². The molecule has 1 amide bonds. The highest BCUT2D eigenvalue weighted by molar-refractivity contribution is 6.31. The van der Waals surface area contributed by atoms with Crippen LogP contribution in [0.15, 0.2) is 78.9 Å². The average Bonchev–Trinajstić information content (AvgIpc) is 3.70. The zero-order valence-corrected chi connectivity index (χ0v) is 20.8. The Morgan fingerprint density at radius 2 is 1.71 bits per heavy atom. The van der Waals surface area contributed by atoms with Crippen LogP contribution in [0.5, 0.6) is 0 Å². The third-order valence-corrected chi connectivity index (χ3v) is 6.90. The maximum absolute atomic E-state index is 14.0. The van der Waals surface area contributed by atoms with Crippen molar-refractivity contribution in [1.82, 2.24) is 19.9 Å². The fourth-order valence-electron chi connectivity index (χ4n) is 4.27. The Kier molecular flexibility index (Phi) is 6.25. The summed E-state index contributed by atoms with van der Waals surface area (Å²) in [5, 5.41) is 10.4. The Bertz CT molecular complexity index is 1650. The monoisotopic (exact) mass is 529 g/mol. The minimum absolute atomic E-state index is 0.0981. The molecule has 190 valence electrons. The lowest BCUT2D eigenvalue weighted by Crippen LogP contribution is -2.23. The van der Waals surface area contributed by atoms with Gasteiger partial charge in [0, 0.05) is 47.0 Å². The largest absolute Gasteiger partial charge is 0.348 e. The molecule has 0 bridgehead atoms. The number of nitrogens with one attached hydrogen (secondary N) is 2. The highest BCUT2D eigenvalue weighted by Gasteiger charge is 2.27. The molecule has 6 rings (SSSR count). The molecule has 2 aromatic heterocycles. The van der Waals surface area contributed by atoms with Gasteiger partial charge in [0.05, 0.1) is 16.4 Å². The van der Waals surface area contributed by atoms with Gasteiger partial charge in [-0.3, -0.25) is 4.79 Å². The van der Waals surface area contributed by atoms with Crippen LogP contribution in [0.3, 0.4) is 0 Å². The summed E-state index contributed by atoms with van der Waals surface area (Å²) in [4.78, 5) is 17.5. The quantitative estimate of drug-likeness (QED) is 0.225. The Hall–Kier alpha value is -4.30. The molecule has 1 fully saturated rings. The van der Waals surface area contributed by atoms with E-state index in [1.54, 1.807) is 28.8 Å². The fourth-order valence-corrected chi connectivity index (χ4v) is 4.49. The minimum atomic E-state index is -0.741. The first-order valence-electron chi connectivity index (χ1n) is 12.2. The molecule has 1 aliphatic rings. The minimum Gasteiger partial charge on any atom is -0.348 e. The first kappa shape index (κ1) is 24.1. The van der Waals surface area contributed by atoms with Crippen molar-refractivity contribution < 1.29 is 13.6 Å². The number of anilines is 2. The van der Waals surface area contributed by atoms with Crippen molar-refractivity contribution in [3.63, 3.8) is 0 Å². The van der Waals surface area contributed by atoms with Crippen molar-refractivity contribution in [1.29, 1.82) is 0 Å². The number of carbonyl (C=O) groups excluding carboxylic acids is 1. The second-order valence-corrected chi connectivity index (χ2v) is 9.59. The van der Waals surface area contributed by atoms with Crippen molar-refractivity contribution in [2.24, 2.45) is 0 Å². The van der Waals surface area contributed by atoms with E-state index in [-0.39, 0.29) is 17.1 Å². The summed E-state index contributed by atoms with van der Waals surface area (Å²) >= 11 is 5.85. The second-order valence-electron chi connectivity index (χ2n) is 9.21. The number of amides is 1. The maximum atomic E-state index is 14.0. The van der Waals surface area contributed by atoms with E-state index in [1.165, 1.54) is 0 Å². The van der Waals surface area contributed by atoms with Crippen LogP contribution >= 0.6 is 11.6 Å². The highest BCUT2D eigenvalue weighted by Crippen LogP contribution is 2.40. The number of aromatic nitrogens is 3. The molecule has 0 saturated heterocycles. The topological polar surface area (TPSA) is 71.3 Å². The Morgan fingerprint density at radius 1 is 0.974 bits per heavy atom. The van der Waals surface area contributed by atoms with E-state index < -0.39 is 17.5 Å². The first-order valence-corrected chi connectivity index (χ1v) is 12.6. The fraction of sp³-hybridized carbons (Fsp3) is 0.138. The Morgan fingerprint density at radius 3 is 2.45 bits per heavy atom. The summed E-state index contributed by atoms with van der Waals surface area (Å²) in [6.45, 7) is -0.235. The van der Waals surface area contributed by atoms with Gasteiger partial charge in [-0.05, 0) is 49.2 Å². The number of benzene rings is 3. The van der Waals surface area contributed by atoms with E-state index >= 15 is 0 Å². The van der Waals surface area contributed by atoms with Crippen LogP contribution in [0.1, 0.15) is 40.4 Å². The normalized spacial score (nSPS) is 13.0. The summed E-state index contributed by atoms with van der Waals surface area (Å²) in [5.41, 5.74) is 4.62. The molecular weight excluding hydrogens is 508 g/mol. The molecule has 3 aromatic carbocycles. The van der Waals surface area contributed by atoms with Crippen LogP contribution in [-0.2, 0) is 6.54 Å². The van der Waals surface area contributed by atoms with Gasteiger partial charge < -0.3 is 10.6 Å². The molecule has 1 aliphatic carbocycles. The van der Waals surface area contributed by atoms with Gasteiger partial charge in [-0.25, -0.2) is 13.8 Å². The molecule has 0 unspecified atom stereocenters. The van der Waals surface area contributed by atoms with Gasteiger partial charge in [0.15, 0.2) is 5.65 Å². The molecule has 0 atom stereocenters. The molecule has 2 N–H and O–H groups in total. The summed E-state index contributed by atoms with van der Waals surface area (Å²) in [5.74, 6) is -0.629. The van der Waals surface area contributed by atoms with Crippen molar-refractivity contribution in [3.8, 4) is 11.3 Å².